The van der Waals surface area contributed by atoms with Gasteiger partial charge in [-0.25, -0.2) is 0 Å². The van der Waals surface area contributed by atoms with E-state index in [1.165, 1.54) is 141 Å². The molecule has 0 saturated heterocycles. The van der Waals surface area contributed by atoms with E-state index in [0.717, 1.165) is 6.42 Å². The van der Waals surface area contributed by atoms with Crippen LogP contribution in [0.3, 0.4) is 0 Å². The van der Waals surface area contributed by atoms with Crippen molar-refractivity contribution in [2.45, 2.75) is 175 Å². The van der Waals surface area contributed by atoms with Crippen LogP contribution in [0, 0.1) is 11.8 Å². The molecule has 0 bridgehead atoms. The molecule has 0 heterocycles. The van der Waals surface area contributed by atoms with Crippen LogP contribution in [0.15, 0.2) is 0 Å². The normalized spacial score (nSPS) is 13.2. The maximum absolute atomic E-state index is 12.4. The minimum absolute atomic E-state index is 0.0405. The van der Waals surface area contributed by atoms with Crippen molar-refractivity contribution in [2.75, 3.05) is 6.61 Å². The number of unbranched alkanes of at least 4 members (excludes halogenated alkanes) is 17. The minimum atomic E-state index is 0.0405. The molecule has 0 N–H and O–H groups in total. The highest BCUT2D eigenvalue weighted by Crippen LogP contribution is 2.20. The molecule has 2 atom stereocenters. The van der Waals surface area contributed by atoms with Gasteiger partial charge in [0.25, 0.3) is 0 Å². The molecule has 0 aromatic carbocycles. The Morgan fingerprint density at radius 1 is 0.515 bits per heavy atom. The lowest BCUT2D eigenvalue weighted by Crippen LogP contribution is -2.19. The first kappa shape index (κ1) is 32.5. The van der Waals surface area contributed by atoms with E-state index in [2.05, 4.69) is 27.7 Å². The second-order valence-corrected chi connectivity index (χ2v) is 10.8. The lowest BCUT2D eigenvalue weighted by molar-refractivity contribution is -0.149. The van der Waals surface area contributed by atoms with Gasteiger partial charge >= 0.3 is 5.97 Å². The average Bonchev–Trinajstić information content (AvgIpc) is 2.82. The molecule has 0 saturated carbocycles. The Labute approximate surface area is 209 Å². The van der Waals surface area contributed by atoms with Crippen molar-refractivity contribution in [1.29, 1.82) is 0 Å². The van der Waals surface area contributed by atoms with Crippen LogP contribution in [0.2, 0.25) is 0 Å². The number of carbonyl (C=O) groups excluding carboxylic acids is 1. The third-order valence-corrected chi connectivity index (χ3v) is 7.27. The van der Waals surface area contributed by atoms with Crippen LogP contribution in [0.1, 0.15) is 175 Å². The number of rotatable bonds is 26. The molecule has 2 nitrogen and oxygen atoms in total. The van der Waals surface area contributed by atoms with Crippen molar-refractivity contribution < 1.29 is 9.53 Å². The monoisotopic (exact) mass is 466 g/mol. The minimum Gasteiger partial charge on any atom is -0.465 e. The van der Waals surface area contributed by atoms with Gasteiger partial charge in [0.2, 0.25) is 0 Å². The van der Waals surface area contributed by atoms with E-state index in [1.54, 1.807) is 0 Å². The summed E-state index contributed by atoms with van der Waals surface area (Å²) in [5.41, 5.74) is 0. The van der Waals surface area contributed by atoms with Gasteiger partial charge < -0.3 is 4.74 Å². The Morgan fingerprint density at radius 2 is 0.909 bits per heavy atom. The van der Waals surface area contributed by atoms with E-state index >= 15 is 0 Å². The van der Waals surface area contributed by atoms with Crippen LogP contribution in [-0.4, -0.2) is 12.6 Å². The van der Waals surface area contributed by atoms with Crippen LogP contribution < -0.4 is 0 Å². The zero-order chi connectivity index (χ0) is 24.4. The number of esters is 1. The molecule has 0 amide bonds. The highest BCUT2D eigenvalue weighted by molar-refractivity contribution is 5.71. The summed E-state index contributed by atoms with van der Waals surface area (Å²) in [6, 6.07) is 0. The lowest BCUT2D eigenvalue weighted by Gasteiger charge is -2.18. The third-order valence-electron chi connectivity index (χ3n) is 7.27. The van der Waals surface area contributed by atoms with Crippen LogP contribution in [-0.2, 0) is 9.53 Å². The Morgan fingerprint density at radius 3 is 1.33 bits per heavy atom. The molecule has 2 heteroatoms. The molecule has 0 aliphatic carbocycles. The Kier molecular flexibility index (Phi) is 25.7. The smallest absolute Gasteiger partial charge is 0.308 e. The number of hydrogen-bond donors (Lipinski definition) is 0. The summed E-state index contributed by atoms with van der Waals surface area (Å²) < 4.78 is 5.75. The van der Waals surface area contributed by atoms with Gasteiger partial charge in [0, 0.05) is 0 Å². The van der Waals surface area contributed by atoms with Crippen molar-refractivity contribution >= 4 is 5.97 Å². The molecule has 0 aliphatic heterocycles. The van der Waals surface area contributed by atoms with Crippen molar-refractivity contribution in [3.05, 3.63) is 0 Å². The summed E-state index contributed by atoms with van der Waals surface area (Å²) in [5.74, 6) is 0.667. The van der Waals surface area contributed by atoms with Crippen LogP contribution in [0.4, 0.5) is 0 Å². The maximum Gasteiger partial charge on any atom is 0.308 e. The molecule has 33 heavy (non-hydrogen) atoms. The topological polar surface area (TPSA) is 26.3 Å². The van der Waals surface area contributed by atoms with Gasteiger partial charge in [-0.15, -0.1) is 0 Å². The Balaban J connectivity index is 3.72. The van der Waals surface area contributed by atoms with Crippen LogP contribution in [0.25, 0.3) is 0 Å². The molecule has 0 spiro atoms. The van der Waals surface area contributed by atoms with E-state index in [9.17, 15) is 4.79 Å². The highest BCUT2D eigenvalue weighted by Gasteiger charge is 2.16. The molecule has 0 rings (SSSR count). The largest absolute Gasteiger partial charge is 0.465 e. The first-order valence-electron chi connectivity index (χ1n) is 15.3. The zero-order valence-electron chi connectivity index (χ0n) is 23.4. The van der Waals surface area contributed by atoms with Gasteiger partial charge in [-0.3, -0.25) is 4.79 Å². The molecule has 2 unspecified atom stereocenters. The predicted octanol–water partition coefficient (Wildman–Crippen LogP) is 10.8. The SMILES string of the molecule is CCCCCCCCCCCCC(CCC)COC(=O)C(C)CCCCCCCCCCC. The fraction of sp³-hybridized carbons (Fsp3) is 0.968. The standard InChI is InChI=1S/C31H62O2/c1-5-8-10-12-14-16-18-20-22-24-27-30(25-7-3)28-33-31(32)29(4)26-23-21-19-17-15-13-11-9-6-2/h29-30H,5-28H2,1-4H3. The Hall–Kier alpha value is -0.530. The van der Waals surface area contributed by atoms with Gasteiger partial charge in [-0.05, 0) is 25.2 Å². The van der Waals surface area contributed by atoms with Gasteiger partial charge in [0.15, 0.2) is 0 Å². The fourth-order valence-electron chi connectivity index (χ4n) is 4.86. The van der Waals surface area contributed by atoms with Gasteiger partial charge in [0.05, 0.1) is 12.5 Å². The highest BCUT2D eigenvalue weighted by atomic mass is 16.5. The lowest BCUT2D eigenvalue weighted by atomic mass is 9.96. The summed E-state index contributed by atoms with van der Waals surface area (Å²) in [6.45, 7) is 9.51. The predicted molar refractivity (Wildman–Crippen MR) is 147 cm³/mol. The summed E-state index contributed by atoms with van der Waals surface area (Å²) in [5, 5.41) is 0. The van der Waals surface area contributed by atoms with Crippen molar-refractivity contribution in [1.82, 2.24) is 0 Å². The summed E-state index contributed by atoms with van der Waals surface area (Å²) in [7, 11) is 0. The third kappa shape index (κ3) is 23.0. The summed E-state index contributed by atoms with van der Waals surface area (Å²) >= 11 is 0. The molecular formula is C31H62O2. The molecule has 0 aliphatic rings. The second-order valence-electron chi connectivity index (χ2n) is 10.8. The van der Waals surface area contributed by atoms with E-state index in [0.29, 0.717) is 12.5 Å². The van der Waals surface area contributed by atoms with Gasteiger partial charge in [-0.1, -0.05) is 156 Å². The molecule has 0 aromatic rings. The first-order valence-corrected chi connectivity index (χ1v) is 15.3. The Bertz CT molecular complexity index is 392. The van der Waals surface area contributed by atoms with E-state index in [4.69, 9.17) is 4.74 Å². The van der Waals surface area contributed by atoms with Crippen LogP contribution >= 0.6 is 0 Å². The van der Waals surface area contributed by atoms with Gasteiger partial charge in [-0.2, -0.15) is 0 Å². The maximum atomic E-state index is 12.4. The van der Waals surface area contributed by atoms with E-state index in [-0.39, 0.29) is 11.9 Å². The molecule has 198 valence electrons. The number of ether oxygens (including phenoxy) is 1. The van der Waals surface area contributed by atoms with Crippen molar-refractivity contribution in [3.63, 3.8) is 0 Å². The van der Waals surface area contributed by atoms with Crippen molar-refractivity contribution in [3.8, 4) is 0 Å². The van der Waals surface area contributed by atoms with E-state index < -0.39 is 0 Å². The fourth-order valence-corrected chi connectivity index (χ4v) is 4.86. The molecule has 0 aromatic heterocycles. The van der Waals surface area contributed by atoms with Crippen molar-refractivity contribution in [2.24, 2.45) is 11.8 Å². The zero-order valence-corrected chi connectivity index (χ0v) is 23.4. The average molecular weight is 467 g/mol. The first-order chi connectivity index (χ1) is 16.2. The quantitative estimate of drug-likeness (QED) is 0.0935. The van der Waals surface area contributed by atoms with Crippen LogP contribution in [0.5, 0.6) is 0 Å². The molecular weight excluding hydrogens is 404 g/mol. The molecule has 0 radical (unpaired) electrons. The number of hydrogen-bond acceptors (Lipinski definition) is 2. The number of carbonyl (C=O) groups is 1. The summed E-state index contributed by atoms with van der Waals surface area (Å²) in [4.78, 5) is 12.4. The summed E-state index contributed by atoms with van der Waals surface area (Å²) in [6.07, 6.45) is 30.5. The van der Waals surface area contributed by atoms with Gasteiger partial charge in [0.1, 0.15) is 0 Å². The second kappa shape index (κ2) is 26.1. The molecule has 0 fully saturated rings. The van der Waals surface area contributed by atoms with E-state index in [1.807, 2.05) is 0 Å².